The average molecular weight is 371 g/mol. The van der Waals surface area contributed by atoms with Gasteiger partial charge < -0.3 is 9.52 Å². The zero-order chi connectivity index (χ0) is 19.9. The van der Waals surface area contributed by atoms with Crippen molar-refractivity contribution in [2.24, 2.45) is 0 Å². The number of rotatable bonds is 13. The number of hydrogen-bond acceptors (Lipinski definition) is 2. The van der Waals surface area contributed by atoms with E-state index >= 15 is 0 Å². The first-order valence-electron chi connectivity index (χ1n) is 10.3. The largest absolute Gasteiger partial charge is 0.472 e. The Morgan fingerprint density at radius 1 is 0.778 bits per heavy atom. The third-order valence-electron chi connectivity index (χ3n) is 4.85. The van der Waals surface area contributed by atoms with E-state index in [1.54, 1.807) is 6.26 Å². The summed E-state index contributed by atoms with van der Waals surface area (Å²) in [6.07, 6.45) is 21.6. The fourth-order valence-corrected chi connectivity index (χ4v) is 2.93. The topological polar surface area (TPSA) is 33.4 Å². The van der Waals surface area contributed by atoms with Crippen molar-refractivity contribution in [1.82, 2.24) is 0 Å². The van der Waals surface area contributed by atoms with Crippen molar-refractivity contribution >= 4 is 0 Å². The van der Waals surface area contributed by atoms with Crippen molar-refractivity contribution in [2.75, 3.05) is 6.61 Å². The lowest BCUT2D eigenvalue weighted by molar-refractivity contribution is 0.331. The Kier molecular flexibility index (Phi) is 12.3. The van der Waals surface area contributed by atoms with E-state index in [2.05, 4.69) is 45.1 Å². The van der Waals surface area contributed by atoms with Crippen molar-refractivity contribution in [2.45, 2.75) is 79.1 Å². The highest BCUT2D eigenvalue weighted by atomic mass is 16.3. The second-order valence-electron chi connectivity index (χ2n) is 7.65. The molecule has 1 heterocycles. The Hall–Kier alpha value is -1.80. The first kappa shape index (κ1) is 23.2. The van der Waals surface area contributed by atoms with Gasteiger partial charge in [0.25, 0.3) is 0 Å². The smallest absolute Gasteiger partial charge is 0.0934 e. The lowest BCUT2D eigenvalue weighted by Gasteiger charge is -2.03. The molecule has 0 aliphatic rings. The van der Waals surface area contributed by atoms with Crippen LogP contribution >= 0.6 is 0 Å². The van der Waals surface area contributed by atoms with Gasteiger partial charge in [-0.25, -0.2) is 0 Å². The summed E-state index contributed by atoms with van der Waals surface area (Å²) in [5.74, 6) is 0. The van der Waals surface area contributed by atoms with Crippen molar-refractivity contribution in [3.05, 3.63) is 70.8 Å². The van der Waals surface area contributed by atoms with Gasteiger partial charge in [-0.1, -0.05) is 46.6 Å². The van der Waals surface area contributed by atoms with Crippen LogP contribution in [0.1, 0.15) is 78.2 Å². The van der Waals surface area contributed by atoms with E-state index in [1.807, 2.05) is 19.3 Å². The highest BCUT2D eigenvalue weighted by Gasteiger charge is 1.95. The molecule has 0 aliphatic heterocycles. The van der Waals surface area contributed by atoms with Gasteiger partial charge >= 0.3 is 0 Å². The van der Waals surface area contributed by atoms with Crippen LogP contribution in [0.15, 0.2) is 69.6 Å². The molecule has 0 saturated heterocycles. The van der Waals surface area contributed by atoms with Crippen LogP contribution in [0.3, 0.4) is 0 Å². The molecule has 2 nitrogen and oxygen atoms in total. The van der Waals surface area contributed by atoms with E-state index in [0.717, 1.165) is 56.9 Å². The monoisotopic (exact) mass is 370 g/mol. The SMILES string of the molecule is C/C(=C\CC/C(C)=C/CC/C(C)=C/CC/C(C)=C/CCc1ccoc1)CO. The van der Waals surface area contributed by atoms with Gasteiger partial charge in [0.15, 0.2) is 0 Å². The van der Waals surface area contributed by atoms with Gasteiger partial charge in [-0.3, -0.25) is 0 Å². The molecule has 0 bridgehead atoms. The highest BCUT2D eigenvalue weighted by molar-refractivity contribution is 5.09. The fourth-order valence-electron chi connectivity index (χ4n) is 2.93. The van der Waals surface area contributed by atoms with Crippen molar-refractivity contribution in [3.63, 3.8) is 0 Å². The molecule has 150 valence electrons. The van der Waals surface area contributed by atoms with Gasteiger partial charge in [-0.15, -0.1) is 0 Å². The van der Waals surface area contributed by atoms with E-state index < -0.39 is 0 Å². The molecule has 0 aliphatic carbocycles. The summed E-state index contributed by atoms with van der Waals surface area (Å²) in [5.41, 5.74) is 6.75. The van der Waals surface area contributed by atoms with Crippen molar-refractivity contribution < 1.29 is 9.52 Å². The molecular formula is C25H38O2. The highest BCUT2D eigenvalue weighted by Crippen LogP contribution is 2.14. The summed E-state index contributed by atoms with van der Waals surface area (Å²) in [7, 11) is 0. The third-order valence-corrected chi connectivity index (χ3v) is 4.85. The third kappa shape index (κ3) is 12.3. The first-order chi connectivity index (χ1) is 13.0. The van der Waals surface area contributed by atoms with Gasteiger partial charge in [0, 0.05) is 0 Å². The summed E-state index contributed by atoms with van der Waals surface area (Å²) in [4.78, 5) is 0. The minimum absolute atomic E-state index is 0.172. The molecule has 1 N–H and O–H groups in total. The van der Waals surface area contributed by atoms with Gasteiger partial charge in [-0.05, 0) is 90.7 Å². The number of aliphatic hydroxyl groups excluding tert-OH is 1. The van der Waals surface area contributed by atoms with E-state index in [-0.39, 0.29) is 6.61 Å². The second kappa shape index (κ2) is 14.3. The lowest BCUT2D eigenvalue weighted by Crippen LogP contribution is -1.85. The standard InChI is InChI=1S/C25H38O2/c1-21(9-5-11-22(2)13-7-15-24(4)19-26)10-6-12-23(3)14-8-16-25-17-18-27-20-25/h10-11,14-15,17-18,20,26H,5-9,12-13,16,19H2,1-4H3/b21-10+,22-11+,23-14+,24-15+. The predicted molar refractivity (Wildman–Crippen MR) is 117 cm³/mol. The Morgan fingerprint density at radius 3 is 1.70 bits per heavy atom. The molecule has 1 aromatic rings. The lowest BCUT2D eigenvalue weighted by atomic mass is 10.0. The van der Waals surface area contributed by atoms with Gasteiger partial charge in [0.05, 0.1) is 19.1 Å². The van der Waals surface area contributed by atoms with Crippen LogP contribution < -0.4 is 0 Å². The average Bonchev–Trinajstić information content (AvgIpc) is 3.15. The number of hydrogen-bond donors (Lipinski definition) is 1. The van der Waals surface area contributed by atoms with Gasteiger partial charge in [0.2, 0.25) is 0 Å². The molecule has 0 saturated carbocycles. The second-order valence-corrected chi connectivity index (χ2v) is 7.65. The van der Waals surface area contributed by atoms with Crippen LogP contribution in [0.5, 0.6) is 0 Å². The fraction of sp³-hybridized carbons (Fsp3) is 0.520. The maximum atomic E-state index is 8.99. The van der Waals surface area contributed by atoms with Crippen LogP contribution in [-0.4, -0.2) is 11.7 Å². The summed E-state index contributed by atoms with van der Waals surface area (Å²) < 4.78 is 5.10. The van der Waals surface area contributed by atoms with Crippen LogP contribution in [-0.2, 0) is 6.42 Å². The molecule has 0 amide bonds. The summed E-state index contributed by atoms with van der Waals surface area (Å²) in [5, 5.41) is 8.99. The van der Waals surface area contributed by atoms with Crippen molar-refractivity contribution in [1.29, 1.82) is 0 Å². The van der Waals surface area contributed by atoms with Crippen LogP contribution in [0.2, 0.25) is 0 Å². The first-order valence-corrected chi connectivity index (χ1v) is 10.3. The normalized spacial score (nSPS) is 14.1. The molecule has 2 heteroatoms. The predicted octanol–water partition coefficient (Wildman–Crippen LogP) is 7.33. The number of aryl methyl sites for hydroxylation is 1. The number of furan rings is 1. The molecule has 1 rings (SSSR count). The maximum Gasteiger partial charge on any atom is 0.0934 e. The Balaban J connectivity index is 2.19. The van der Waals surface area contributed by atoms with E-state index in [4.69, 9.17) is 9.52 Å². The molecule has 27 heavy (non-hydrogen) atoms. The number of aliphatic hydroxyl groups is 1. The zero-order valence-corrected chi connectivity index (χ0v) is 17.8. The summed E-state index contributed by atoms with van der Waals surface area (Å²) in [6, 6.07) is 2.04. The molecule has 1 aromatic heterocycles. The van der Waals surface area contributed by atoms with Crippen LogP contribution in [0.25, 0.3) is 0 Å². The molecule has 0 atom stereocenters. The van der Waals surface area contributed by atoms with E-state index in [1.165, 1.54) is 22.3 Å². The molecule has 0 spiro atoms. The summed E-state index contributed by atoms with van der Waals surface area (Å²) >= 11 is 0. The van der Waals surface area contributed by atoms with Gasteiger partial charge in [0.1, 0.15) is 0 Å². The zero-order valence-electron chi connectivity index (χ0n) is 17.8. The molecular weight excluding hydrogens is 332 g/mol. The van der Waals surface area contributed by atoms with Gasteiger partial charge in [-0.2, -0.15) is 0 Å². The molecule has 0 radical (unpaired) electrons. The number of allylic oxidation sites excluding steroid dienone is 7. The Bertz CT molecular complexity index is 627. The Morgan fingerprint density at radius 2 is 1.26 bits per heavy atom. The quantitative estimate of drug-likeness (QED) is 0.369. The van der Waals surface area contributed by atoms with E-state index in [0.29, 0.717) is 0 Å². The van der Waals surface area contributed by atoms with Crippen LogP contribution in [0, 0.1) is 0 Å². The van der Waals surface area contributed by atoms with E-state index in [9.17, 15) is 0 Å². The molecule has 0 unspecified atom stereocenters. The molecule has 0 aromatic carbocycles. The Labute approximate surface area is 166 Å². The van der Waals surface area contributed by atoms with Crippen LogP contribution in [0.4, 0.5) is 0 Å². The maximum absolute atomic E-state index is 8.99. The summed E-state index contributed by atoms with van der Waals surface area (Å²) in [6.45, 7) is 8.83. The van der Waals surface area contributed by atoms with Crippen molar-refractivity contribution in [3.8, 4) is 0 Å². The minimum Gasteiger partial charge on any atom is -0.472 e. The minimum atomic E-state index is 0.172. The molecule has 0 fully saturated rings.